The van der Waals surface area contributed by atoms with Crippen molar-refractivity contribution in [3.8, 4) is 0 Å². The maximum absolute atomic E-state index is 13.6. The zero-order chi connectivity index (χ0) is 14.9. The van der Waals surface area contributed by atoms with Crippen molar-refractivity contribution in [2.24, 2.45) is 0 Å². The summed E-state index contributed by atoms with van der Waals surface area (Å²) in [4.78, 5) is 16.1. The zero-order valence-corrected chi connectivity index (χ0v) is 11.8. The van der Waals surface area contributed by atoms with E-state index < -0.39 is 11.7 Å². The normalized spacial score (nSPS) is 10.4. The van der Waals surface area contributed by atoms with Gasteiger partial charge in [-0.3, -0.25) is 4.79 Å². The molecule has 104 valence electrons. The van der Waals surface area contributed by atoms with Gasteiger partial charge in [-0.25, -0.2) is 9.37 Å². The van der Waals surface area contributed by atoms with Gasteiger partial charge in [-0.05, 0) is 38.1 Å². The van der Waals surface area contributed by atoms with Crippen LogP contribution in [0, 0.1) is 19.7 Å². The highest BCUT2D eigenvalue weighted by atomic mass is 35.5. The fourth-order valence-electron chi connectivity index (χ4n) is 1.69. The number of pyridine rings is 1. The number of aryl methyl sites for hydroxylation is 1. The number of carbonyl (C=O) groups is 1. The second-order valence-corrected chi connectivity index (χ2v) is 4.78. The molecule has 0 unspecified atom stereocenters. The standard InChI is InChI=1S/C14H13ClFN3O/c1-7-10(16)5-9(6-11(7)17)14(20)19-12-3-4-13(15)18-8(12)2/h3-6H,17H2,1-2H3,(H,19,20). The molecule has 0 aliphatic rings. The molecule has 0 aliphatic heterocycles. The number of nitrogens with two attached hydrogens (primary N) is 1. The van der Waals surface area contributed by atoms with Gasteiger partial charge in [0.05, 0.1) is 11.4 Å². The van der Waals surface area contributed by atoms with E-state index in [1.165, 1.54) is 6.07 Å². The fourth-order valence-corrected chi connectivity index (χ4v) is 1.88. The summed E-state index contributed by atoms with van der Waals surface area (Å²) in [6.45, 7) is 3.27. The fraction of sp³-hybridized carbons (Fsp3) is 0.143. The molecule has 4 nitrogen and oxygen atoms in total. The van der Waals surface area contributed by atoms with Crippen molar-refractivity contribution < 1.29 is 9.18 Å². The number of hydrogen-bond donors (Lipinski definition) is 2. The predicted molar refractivity (Wildman–Crippen MR) is 77.5 cm³/mol. The van der Waals surface area contributed by atoms with Crippen LogP contribution in [0.15, 0.2) is 24.3 Å². The lowest BCUT2D eigenvalue weighted by Gasteiger charge is -2.10. The molecule has 0 radical (unpaired) electrons. The van der Waals surface area contributed by atoms with Gasteiger partial charge in [-0.15, -0.1) is 0 Å². The van der Waals surface area contributed by atoms with Crippen LogP contribution in [-0.2, 0) is 0 Å². The Bertz CT molecular complexity index is 665. The second-order valence-electron chi connectivity index (χ2n) is 4.39. The molecule has 6 heteroatoms. The van der Waals surface area contributed by atoms with Gasteiger partial charge in [0.1, 0.15) is 11.0 Å². The SMILES string of the molecule is Cc1nc(Cl)ccc1NC(=O)c1cc(N)c(C)c(F)c1. The van der Waals surface area contributed by atoms with Gasteiger partial charge in [0.2, 0.25) is 0 Å². The van der Waals surface area contributed by atoms with Crippen LogP contribution in [-0.4, -0.2) is 10.9 Å². The molecule has 2 aromatic rings. The third kappa shape index (κ3) is 2.88. The van der Waals surface area contributed by atoms with E-state index >= 15 is 0 Å². The number of nitrogen functional groups attached to an aromatic ring is 1. The average molecular weight is 294 g/mol. The van der Waals surface area contributed by atoms with E-state index in [-0.39, 0.29) is 11.3 Å². The number of rotatable bonds is 2. The van der Waals surface area contributed by atoms with E-state index in [0.29, 0.717) is 22.1 Å². The quantitative estimate of drug-likeness (QED) is 0.659. The topological polar surface area (TPSA) is 68.0 Å². The number of halogens is 2. The van der Waals surface area contributed by atoms with E-state index in [4.69, 9.17) is 17.3 Å². The smallest absolute Gasteiger partial charge is 0.255 e. The van der Waals surface area contributed by atoms with Crippen molar-refractivity contribution in [2.75, 3.05) is 11.1 Å². The lowest BCUT2D eigenvalue weighted by molar-refractivity contribution is 0.102. The molecule has 0 bridgehead atoms. The minimum absolute atomic E-state index is 0.153. The van der Waals surface area contributed by atoms with E-state index in [0.717, 1.165) is 6.07 Å². The first-order chi connectivity index (χ1) is 9.38. The Hall–Kier alpha value is -2.14. The highest BCUT2D eigenvalue weighted by Gasteiger charge is 2.12. The van der Waals surface area contributed by atoms with Gasteiger partial charge in [-0.1, -0.05) is 11.6 Å². The van der Waals surface area contributed by atoms with Crippen LogP contribution < -0.4 is 11.1 Å². The van der Waals surface area contributed by atoms with E-state index in [1.807, 2.05) is 0 Å². The maximum atomic E-state index is 13.6. The van der Waals surface area contributed by atoms with Crippen molar-refractivity contribution in [1.29, 1.82) is 0 Å². The number of nitrogens with zero attached hydrogens (tertiary/aromatic N) is 1. The highest BCUT2D eigenvalue weighted by molar-refractivity contribution is 6.29. The van der Waals surface area contributed by atoms with Crippen LogP contribution in [0.5, 0.6) is 0 Å². The first kappa shape index (κ1) is 14.3. The number of anilines is 2. The molecular formula is C14H13ClFN3O. The van der Waals surface area contributed by atoms with Crippen LogP contribution in [0.2, 0.25) is 5.15 Å². The van der Waals surface area contributed by atoms with Gasteiger partial charge >= 0.3 is 0 Å². The Labute approximate surface area is 120 Å². The minimum Gasteiger partial charge on any atom is -0.398 e. The number of nitrogens with one attached hydrogen (secondary N) is 1. The summed E-state index contributed by atoms with van der Waals surface area (Å²) < 4.78 is 13.6. The molecule has 2 rings (SSSR count). The molecule has 0 spiro atoms. The number of amides is 1. The van der Waals surface area contributed by atoms with Crippen LogP contribution in [0.4, 0.5) is 15.8 Å². The summed E-state index contributed by atoms with van der Waals surface area (Å²) in [5, 5.41) is 2.98. The molecule has 20 heavy (non-hydrogen) atoms. The first-order valence-electron chi connectivity index (χ1n) is 5.88. The third-order valence-electron chi connectivity index (χ3n) is 2.95. The molecule has 0 saturated heterocycles. The minimum atomic E-state index is -0.513. The largest absolute Gasteiger partial charge is 0.398 e. The molecule has 1 aromatic heterocycles. The first-order valence-corrected chi connectivity index (χ1v) is 6.26. The van der Waals surface area contributed by atoms with Gasteiger partial charge in [-0.2, -0.15) is 0 Å². The van der Waals surface area contributed by atoms with Gasteiger partial charge in [0.25, 0.3) is 5.91 Å². The van der Waals surface area contributed by atoms with Crippen LogP contribution in [0.3, 0.4) is 0 Å². The van der Waals surface area contributed by atoms with Crippen molar-refractivity contribution >= 4 is 28.9 Å². The predicted octanol–water partition coefficient (Wildman–Crippen LogP) is 3.33. The molecular weight excluding hydrogens is 281 g/mol. The Kier molecular flexibility index (Phi) is 3.90. The summed E-state index contributed by atoms with van der Waals surface area (Å²) >= 11 is 5.74. The summed E-state index contributed by atoms with van der Waals surface area (Å²) in [6, 6.07) is 5.79. The molecule has 1 aromatic carbocycles. The van der Waals surface area contributed by atoms with Crippen molar-refractivity contribution in [3.63, 3.8) is 0 Å². The lowest BCUT2D eigenvalue weighted by Crippen LogP contribution is -2.14. The van der Waals surface area contributed by atoms with Gasteiger partial charge in [0, 0.05) is 16.8 Å². The summed E-state index contributed by atoms with van der Waals surface area (Å²) in [7, 11) is 0. The van der Waals surface area contributed by atoms with Gasteiger partial charge < -0.3 is 11.1 Å². The maximum Gasteiger partial charge on any atom is 0.255 e. The average Bonchev–Trinajstić information content (AvgIpc) is 2.38. The van der Waals surface area contributed by atoms with E-state index in [2.05, 4.69) is 10.3 Å². The van der Waals surface area contributed by atoms with Crippen molar-refractivity contribution in [1.82, 2.24) is 4.98 Å². The number of aromatic nitrogens is 1. The summed E-state index contributed by atoms with van der Waals surface area (Å²) in [6.07, 6.45) is 0. The Morgan fingerprint density at radius 3 is 2.65 bits per heavy atom. The van der Waals surface area contributed by atoms with E-state index in [1.54, 1.807) is 26.0 Å². The van der Waals surface area contributed by atoms with Crippen molar-refractivity contribution in [2.45, 2.75) is 13.8 Å². The molecule has 1 heterocycles. The summed E-state index contributed by atoms with van der Waals surface area (Å²) in [5.41, 5.74) is 7.46. The van der Waals surface area contributed by atoms with Gasteiger partial charge in [0.15, 0.2) is 0 Å². The lowest BCUT2D eigenvalue weighted by atomic mass is 10.1. The number of benzene rings is 1. The number of carbonyl (C=O) groups excluding carboxylic acids is 1. The number of hydrogen-bond acceptors (Lipinski definition) is 3. The monoisotopic (exact) mass is 293 g/mol. The second kappa shape index (κ2) is 5.46. The Balaban J connectivity index is 2.28. The third-order valence-corrected chi connectivity index (χ3v) is 3.16. The molecule has 0 atom stereocenters. The Morgan fingerprint density at radius 1 is 1.35 bits per heavy atom. The summed E-state index contributed by atoms with van der Waals surface area (Å²) in [5.74, 6) is -0.969. The molecule has 0 saturated carbocycles. The highest BCUT2D eigenvalue weighted by Crippen LogP contribution is 2.20. The molecule has 0 aliphatic carbocycles. The molecule has 1 amide bonds. The van der Waals surface area contributed by atoms with E-state index in [9.17, 15) is 9.18 Å². The van der Waals surface area contributed by atoms with Crippen molar-refractivity contribution in [3.05, 3.63) is 52.1 Å². The van der Waals surface area contributed by atoms with Crippen LogP contribution in [0.25, 0.3) is 0 Å². The zero-order valence-electron chi connectivity index (χ0n) is 11.0. The Morgan fingerprint density at radius 2 is 2.05 bits per heavy atom. The van der Waals surface area contributed by atoms with Crippen LogP contribution in [0.1, 0.15) is 21.6 Å². The molecule has 0 fully saturated rings. The van der Waals surface area contributed by atoms with Crippen LogP contribution >= 0.6 is 11.6 Å². The molecule has 3 N–H and O–H groups in total.